The third kappa shape index (κ3) is 6.76. The fraction of sp³-hybridized carbons (Fsp3) is 0.529. The van der Waals surface area contributed by atoms with Gasteiger partial charge in [-0.15, -0.1) is 0 Å². The Balaban J connectivity index is 2.49. The molecule has 24 heavy (non-hydrogen) atoms. The number of aldehydes is 1. The van der Waals surface area contributed by atoms with Crippen molar-refractivity contribution < 1.29 is 19.2 Å². The summed E-state index contributed by atoms with van der Waals surface area (Å²) in [5.74, 6) is 0.501. The van der Waals surface area contributed by atoms with E-state index in [1.165, 1.54) is 12.1 Å². The van der Waals surface area contributed by atoms with Crippen LogP contribution < -0.4 is 10.1 Å². The van der Waals surface area contributed by atoms with E-state index in [0.717, 1.165) is 25.3 Å². The standard InChI is InChI=1S/C17H24N2O5/c1-12(2)5-4-6-13(3)18-17(21)11-24-16-8-7-15(19(22)23)9-14(16)10-20/h7-10,12-13H,4-6,11H2,1-3H3,(H,18,21)/t13-/m0/s1. The summed E-state index contributed by atoms with van der Waals surface area (Å²) in [6, 6.07) is 3.72. The van der Waals surface area contributed by atoms with Gasteiger partial charge in [0.15, 0.2) is 12.9 Å². The molecule has 1 aromatic carbocycles. The van der Waals surface area contributed by atoms with Crippen LogP contribution in [0, 0.1) is 16.0 Å². The van der Waals surface area contributed by atoms with Gasteiger partial charge in [0, 0.05) is 18.2 Å². The number of carbonyl (C=O) groups is 2. The highest BCUT2D eigenvalue weighted by molar-refractivity contribution is 5.82. The normalized spacial score (nSPS) is 11.8. The lowest BCUT2D eigenvalue weighted by Crippen LogP contribution is -2.36. The van der Waals surface area contributed by atoms with Gasteiger partial charge in [0.1, 0.15) is 5.75 Å². The molecule has 1 aromatic rings. The van der Waals surface area contributed by atoms with Crippen LogP contribution in [-0.4, -0.2) is 29.8 Å². The molecule has 0 aliphatic heterocycles. The molecule has 0 spiro atoms. The zero-order valence-corrected chi connectivity index (χ0v) is 14.3. The van der Waals surface area contributed by atoms with Gasteiger partial charge in [-0.3, -0.25) is 19.7 Å². The van der Waals surface area contributed by atoms with Crippen molar-refractivity contribution in [3.8, 4) is 5.75 Å². The van der Waals surface area contributed by atoms with E-state index in [9.17, 15) is 19.7 Å². The summed E-state index contributed by atoms with van der Waals surface area (Å²) in [5, 5.41) is 13.5. The zero-order chi connectivity index (χ0) is 18.1. The Kier molecular flexibility index (Phi) is 7.88. The van der Waals surface area contributed by atoms with Crippen molar-refractivity contribution in [2.45, 2.75) is 46.1 Å². The Labute approximate surface area is 141 Å². The lowest BCUT2D eigenvalue weighted by Gasteiger charge is -2.15. The highest BCUT2D eigenvalue weighted by Crippen LogP contribution is 2.22. The molecule has 0 aliphatic carbocycles. The summed E-state index contributed by atoms with van der Waals surface area (Å²) in [4.78, 5) is 32.9. The van der Waals surface area contributed by atoms with Crippen molar-refractivity contribution in [2.24, 2.45) is 5.92 Å². The predicted molar refractivity (Wildman–Crippen MR) is 90.3 cm³/mol. The van der Waals surface area contributed by atoms with Crippen LogP contribution in [0.4, 0.5) is 5.69 Å². The lowest BCUT2D eigenvalue weighted by atomic mass is 10.0. The Hall–Kier alpha value is -2.44. The van der Waals surface area contributed by atoms with Gasteiger partial charge < -0.3 is 10.1 Å². The summed E-state index contributed by atoms with van der Waals surface area (Å²) in [6.07, 6.45) is 3.51. The van der Waals surface area contributed by atoms with E-state index in [0.29, 0.717) is 12.2 Å². The number of nitro benzene ring substituents is 1. The van der Waals surface area contributed by atoms with Crippen LogP contribution in [0.2, 0.25) is 0 Å². The first-order valence-corrected chi connectivity index (χ1v) is 7.99. The molecule has 132 valence electrons. The van der Waals surface area contributed by atoms with Gasteiger partial charge in [0.2, 0.25) is 0 Å². The van der Waals surface area contributed by atoms with E-state index < -0.39 is 4.92 Å². The summed E-state index contributed by atoms with van der Waals surface area (Å²) in [7, 11) is 0. The van der Waals surface area contributed by atoms with E-state index in [2.05, 4.69) is 19.2 Å². The molecule has 0 aromatic heterocycles. The van der Waals surface area contributed by atoms with Crippen LogP contribution in [0.1, 0.15) is 50.4 Å². The maximum absolute atomic E-state index is 11.9. The topological polar surface area (TPSA) is 98.5 Å². The van der Waals surface area contributed by atoms with E-state index in [-0.39, 0.29) is 35.6 Å². The number of non-ortho nitro benzene ring substituents is 1. The van der Waals surface area contributed by atoms with Crippen molar-refractivity contribution >= 4 is 17.9 Å². The molecular weight excluding hydrogens is 312 g/mol. The van der Waals surface area contributed by atoms with Crippen LogP contribution in [0.25, 0.3) is 0 Å². The molecule has 0 heterocycles. The number of rotatable bonds is 10. The van der Waals surface area contributed by atoms with Crippen molar-refractivity contribution in [3.05, 3.63) is 33.9 Å². The Bertz CT molecular complexity index is 586. The molecule has 0 unspecified atom stereocenters. The van der Waals surface area contributed by atoms with Crippen LogP contribution in [0.3, 0.4) is 0 Å². The first kappa shape index (κ1) is 19.6. The zero-order valence-electron chi connectivity index (χ0n) is 14.3. The van der Waals surface area contributed by atoms with Crippen molar-refractivity contribution in [3.63, 3.8) is 0 Å². The Morgan fingerprint density at radius 3 is 2.62 bits per heavy atom. The molecule has 0 bridgehead atoms. The summed E-state index contributed by atoms with van der Waals surface area (Å²) in [6.45, 7) is 6.01. The average molecular weight is 336 g/mol. The van der Waals surface area contributed by atoms with Gasteiger partial charge in [0.05, 0.1) is 10.5 Å². The number of benzene rings is 1. The monoisotopic (exact) mass is 336 g/mol. The highest BCUT2D eigenvalue weighted by atomic mass is 16.6. The number of nitrogens with one attached hydrogen (secondary N) is 1. The molecular formula is C17H24N2O5. The van der Waals surface area contributed by atoms with E-state index >= 15 is 0 Å². The smallest absolute Gasteiger partial charge is 0.270 e. The lowest BCUT2D eigenvalue weighted by molar-refractivity contribution is -0.384. The van der Waals surface area contributed by atoms with E-state index in [4.69, 9.17) is 4.74 Å². The summed E-state index contributed by atoms with van der Waals surface area (Å²) in [5.41, 5.74) is -0.158. The van der Waals surface area contributed by atoms with E-state index in [1.54, 1.807) is 0 Å². The molecule has 1 amide bonds. The minimum atomic E-state index is -0.595. The number of hydrogen-bond donors (Lipinski definition) is 1. The first-order chi connectivity index (χ1) is 11.3. The second kappa shape index (κ2) is 9.64. The van der Waals surface area contributed by atoms with Crippen molar-refractivity contribution in [1.82, 2.24) is 5.32 Å². The molecule has 7 nitrogen and oxygen atoms in total. The quantitative estimate of drug-likeness (QED) is 0.402. The number of nitro groups is 1. The van der Waals surface area contributed by atoms with Crippen LogP contribution >= 0.6 is 0 Å². The number of amides is 1. The van der Waals surface area contributed by atoms with Crippen LogP contribution in [-0.2, 0) is 4.79 Å². The minimum absolute atomic E-state index is 0.0435. The average Bonchev–Trinajstić information content (AvgIpc) is 2.52. The molecule has 7 heteroatoms. The third-order valence-electron chi connectivity index (χ3n) is 3.52. The number of ether oxygens (including phenoxy) is 1. The van der Waals surface area contributed by atoms with Crippen molar-refractivity contribution in [1.29, 1.82) is 0 Å². The van der Waals surface area contributed by atoms with E-state index in [1.807, 2.05) is 6.92 Å². The second-order valence-electron chi connectivity index (χ2n) is 6.18. The highest BCUT2D eigenvalue weighted by Gasteiger charge is 2.13. The fourth-order valence-corrected chi connectivity index (χ4v) is 2.24. The Morgan fingerprint density at radius 2 is 2.04 bits per heavy atom. The molecule has 0 saturated carbocycles. The molecule has 1 N–H and O–H groups in total. The maximum atomic E-state index is 11.9. The maximum Gasteiger partial charge on any atom is 0.270 e. The molecule has 0 saturated heterocycles. The molecule has 1 rings (SSSR count). The summed E-state index contributed by atoms with van der Waals surface area (Å²) < 4.78 is 5.30. The summed E-state index contributed by atoms with van der Waals surface area (Å²) >= 11 is 0. The Morgan fingerprint density at radius 1 is 1.33 bits per heavy atom. The van der Waals surface area contributed by atoms with Crippen molar-refractivity contribution in [2.75, 3.05) is 6.61 Å². The number of carbonyl (C=O) groups excluding carboxylic acids is 2. The molecule has 0 aliphatic rings. The minimum Gasteiger partial charge on any atom is -0.483 e. The van der Waals surface area contributed by atoms with Crippen LogP contribution in [0.15, 0.2) is 18.2 Å². The van der Waals surface area contributed by atoms with Gasteiger partial charge in [-0.1, -0.05) is 26.7 Å². The fourth-order valence-electron chi connectivity index (χ4n) is 2.24. The van der Waals surface area contributed by atoms with Gasteiger partial charge in [-0.25, -0.2) is 0 Å². The molecule has 1 atom stereocenters. The largest absolute Gasteiger partial charge is 0.483 e. The number of hydrogen-bond acceptors (Lipinski definition) is 5. The predicted octanol–water partition coefficient (Wildman–Crippen LogP) is 3.12. The second-order valence-corrected chi connectivity index (χ2v) is 6.18. The van der Waals surface area contributed by atoms with Crippen LogP contribution in [0.5, 0.6) is 5.75 Å². The third-order valence-corrected chi connectivity index (χ3v) is 3.52. The first-order valence-electron chi connectivity index (χ1n) is 7.99. The van der Waals surface area contributed by atoms with Gasteiger partial charge in [0.25, 0.3) is 11.6 Å². The van der Waals surface area contributed by atoms with Gasteiger partial charge in [-0.2, -0.15) is 0 Å². The SMILES string of the molecule is CC(C)CCC[C@H](C)NC(=O)COc1ccc([N+](=O)[O-])cc1C=O. The van der Waals surface area contributed by atoms with Gasteiger partial charge in [-0.05, 0) is 25.3 Å². The van der Waals surface area contributed by atoms with Gasteiger partial charge >= 0.3 is 0 Å². The number of nitrogens with zero attached hydrogens (tertiary/aromatic N) is 1. The molecule has 0 radical (unpaired) electrons. The molecule has 0 fully saturated rings.